The summed E-state index contributed by atoms with van der Waals surface area (Å²) < 4.78 is 0. The van der Waals surface area contributed by atoms with Gasteiger partial charge < -0.3 is 0 Å². The maximum absolute atomic E-state index is 11.2. The average Bonchev–Trinajstić information content (AvgIpc) is 2.83. The molecule has 6 heteroatoms. The fourth-order valence-electron chi connectivity index (χ4n) is 2.93. The van der Waals surface area contributed by atoms with Crippen molar-refractivity contribution in [2.75, 3.05) is 6.54 Å². The first-order valence-corrected chi connectivity index (χ1v) is 7.60. The van der Waals surface area contributed by atoms with Crippen LogP contribution in [0.3, 0.4) is 0 Å². The van der Waals surface area contributed by atoms with Crippen molar-refractivity contribution >= 4 is 23.2 Å². The Hall–Kier alpha value is -0.840. The molecule has 2 unspecified atom stereocenters. The van der Waals surface area contributed by atoms with Crippen LogP contribution >= 0.6 is 23.2 Å². The van der Waals surface area contributed by atoms with Crippen LogP contribution < -0.4 is 0 Å². The van der Waals surface area contributed by atoms with E-state index < -0.39 is 6.04 Å². The van der Waals surface area contributed by atoms with Gasteiger partial charge in [0.15, 0.2) is 0 Å². The maximum Gasteiger partial charge on any atom is 0.228 e. The van der Waals surface area contributed by atoms with E-state index in [1.807, 2.05) is 13.0 Å². The highest BCUT2D eigenvalue weighted by atomic mass is 35.5. The molecule has 4 nitrogen and oxygen atoms in total. The minimum Gasteiger partial charge on any atom is -0.290 e. The van der Waals surface area contributed by atoms with Gasteiger partial charge in [0.2, 0.25) is 6.04 Å². The molecule has 0 N–H and O–H groups in total. The van der Waals surface area contributed by atoms with Crippen molar-refractivity contribution in [3.63, 3.8) is 0 Å². The number of nitrogens with zero attached hydrogens (tertiary/aromatic N) is 2. The Bertz CT molecular complexity index is 476. The second-order valence-electron chi connectivity index (χ2n) is 5.14. The molecule has 0 aromatic heterocycles. The van der Waals surface area contributed by atoms with Gasteiger partial charge in [0.1, 0.15) is 0 Å². The van der Waals surface area contributed by atoms with Gasteiger partial charge in [-0.05, 0) is 31.5 Å². The van der Waals surface area contributed by atoms with Gasteiger partial charge in [0, 0.05) is 33.5 Å². The van der Waals surface area contributed by atoms with E-state index in [9.17, 15) is 10.1 Å². The minimum absolute atomic E-state index is 0.0256. The summed E-state index contributed by atoms with van der Waals surface area (Å²) in [6.07, 6.45) is 2.39. The fourth-order valence-corrected chi connectivity index (χ4v) is 3.45. The second kappa shape index (κ2) is 6.74. The van der Waals surface area contributed by atoms with Gasteiger partial charge >= 0.3 is 0 Å². The lowest BCUT2D eigenvalue weighted by molar-refractivity contribution is -0.530. The molecule has 2 atom stereocenters. The first kappa shape index (κ1) is 15.5. The molecule has 0 radical (unpaired) electrons. The monoisotopic (exact) mass is 316 g/mol. The van der Waals surface area contributed by atoms with Crippen molar-refractivity contribution in [1.82, 2.24) is 4.90 Å². The highest BCUT2D eigenvalue weighted by Gasteiger charge is 2.37. The Balaban J connectivity index is 2.18. The van der Waals surface area contributed by atoms with Gasteiger partial charge in [-0.15, -0.1) is 0 Å². The van der Waals surface area contributed by atoms with Crippen LogP contribution in [0.25, 0.3) is 0 Å². The van der Waals surface area contributed by atoms with Gasteiger partial charge in [-0.3, -0.25) is 15.0 Å². The summed E-state index contributed by atoms with van der Waals surface area (Å²) >= 11 is 12.4. The van der Waals surface area contributed by atoms with E-state index in [1.165, 1.54) is 0 Å². The minimum atomic E-state index is -0.515. The number of halogens is 2. The number of hydrogen-bond donors (Lipinski definition) is 0. The van der Waals surface area contributed by atoms with Crippen LogP contribution in [-0.2, 0) is 6.54 Å². The smallest absolute Gasteiger partial charge is 0.228 e. The molecule has 0 saturated carbocycles. The molecule has 1 aromatic rings. The molecule has 1 aliphatic rings. The van der Waals surface area contributed by atoms with Crippen molar-refractivity contribution in [3.05, 3.63) is 43.9 Å². The number of likely N-dealkylation sites (tertiary alicyclic amines) is 1. The largest absolute Gasteiger partial charge is 0.290 e. The van der Waals surface area contributed by atoms with E-state index in [1.54, 1.807) is 12.1 Å². The molecule has 2 rings (SSSR count). The number of rotatable bonds is 5. The summed E-state index contributed by atoms with van der Waals surface area (Å²) in [6.45, 7) is 3.30. The number of benzene rings is 1. The summed E-state index contributed by atoms with van der Waals surface area (Å²) in [5, 5.41) is 12.4. The Morgan fingerprint density at radius 2 is 2.10 bits per heavy atom. The van der Waals surface area contributed by atoms with Crippen molar-refractivity contribution in [1.29, 1.82) is 0 Å². The van der Waals surface area contributed by atoms with E-state index in [0.717, 1.165) is 24.9 Å². The lowest BCUT2D eigenvalue weighted by Gasteiger charge is -2.26. The molecular formula is C14H18Cl2N2O2. The third kappa shape index (κ3) is 3.25. The van der Waals surface area contributed by atoms with E-state index in [0.29, 0.717) is 23.0 Å². The van der Waals surface area contributed by atoms with Crippen LogP contribution in [0, 0.1) is 10.1 Å². The van der Waals surface area contributed by atoms with Crippen LogP contribution in [-0.4, -0.2) is 28.5 Å². The van der Waals surface area contributed by atoms with Gasteiger partial charge in [0.05, 0.1) is 6.04 Å². The SMILES string of the molecule is CCC(C1CCCN1Cc1c(Cl)cccc1Cl)[N+](=O)[O-]. The maximum atomic E-state index is 11.2. The Kier molecular flexibility index (Phi) is 5.24. The average molecular weight is 317 g/mol. The lowest BCUT2D eigenvalue weighted by Crippen LogP contribution is -2.42. The normalized spacial score (nSPS) is 21.1. The Labute approximate surface area is 128 Å². The van der Waals surface area contributed by atoms with Gasteiger partial charge in [0.25, 0.3) is 0 Å². The molecule has 1 aliphatic heterocycles. The Morgan fingerprint density at radius 3 is 2.65 bits per heavy atom. The first-order chi connectivity index (χ1) is 9.54. The van der Waals surface area contributed by atoms with Gasteiger partial charge in [-0.1, -0.05) is 36.2 Å². The topological polar surface area (TPSA) is 46.4 Å². The zero-order valence-electron chi connectivity index (χ0n) is 11.4. The fraction of sp³-hybridized carbons (Fsp3) is 0.571. The summed E-state index contributed by atoms with van der Waals surface area (Å²) in [7, 11) is 0. The van der Waals surface area contributed by atoms with Crippen LogP contribution in [0.1, 0.15) is 31.7 Å². The molecular weight excluding hydrogens is 299 g/mol. The van der Waals surface area contributed by atoms with E-state index in [2.05, 4.69) is 4.90 Å². The zero-order chi connectivity index (χ0) is 14.7. The Morgan fingerprint density at radius 1 is 1.45 bits per heavy atom. The van der Waals surface area contributed by atoms with Crippen LogP contribution in [0.2, 0.25) is 10.0 Å². The molecule has 0 bridgehead atoms. The van der Waals surface area contributed by atoms with E-state index in [4.69, 9.17) is 23.2 Å². The summed E-state index contributed by atoms with van der Waals surface area (Å²) in [5.41, 5.74) is 0.862. The molecule has 110 valence electrons. The lowest BCUT2D eigenvalue weighted by atomic mass is 10.0. The van der Waals surface area contributed by atoms with Gasteiger partial charge in [-0.2, -0.15) is 0 Å². The van der Waals surface area contributed by atoms with E-state index in [-0.39, 0.29) is 11.0 Å². The standard InChI is InChI=1S/C14H18Cl2N2O2/c1-2-13(18(19)20)14-7-4-8-17(14)9-10-11(15)5-3-6-12(10)16/h3,5-6,13-14H,2,4,7-9H2,1H3. The molecule has 0 aliphatic carbocycles. The zero-order valence-corrected chi connectivity index (χ0v) is 12.9. The van der Waals surface area contributed by atoms with Crippen molar-refractivity contribution in [2.45, 2.75) is 44.8 Å². The second-order valence-corrected chi connectivity index (χ2v) is 5.96. The quantitative estimate of drug-likeness (QED) is 0.609. The molecule has 0 amide bonds. The molecule has 1 fully saturated rings. The van der Waals surface area contributed by atoms with Crippen LogP contribution in [0.5, 0.6) is 0 Å². The number of nitro groups is 1. The van der Waals surface area contributed by atoms with Crippen molar-refractivity contribution in [3.8, 4) is 0 Å². The van der Waals surface area contributed by atoms with Gasteiger partial charge in [-0.25, -0.2) is 0 Å². The molecule has 0 spiro atoms. The third-order valence-electron chi connectivity index (χ3n) is 3.97. The van der Waals surface area contributed by atoms with Crippen molar-refractivity contribution < 1.29 is 4.92 Å². The van der Waals surface area contributed by atoms with Crippen LogP contribution in [0.15, 0.2) is 18.2 Å². The molecule has 1 aromatic carbocycles. The summed E-state index contributed by atoms with van der Waals surface area (Å²) in [5.74, 6) is 0. The first-order valence-electron chi connectivity index (χ1n) is 6.85. The predicted octanol–water partition coefficient (Wildman–Crippen LogP) is 4.01. The van der Waals surface area contributed by atoms with E-state index >= 15 is 0 Å². The molecule has 1 saturated heterocycles. The number of hydrogen-bond acceptors (Lipinski definition) is 3. The third-order valence-corrected chi connectivity index (χ3v) is 4.68. The molecule has 1 heterocycles. The van der Waals surface area contributed by atoms with Crippen molar-refractivity contribution in [2.24, 2.45) is 0 Å². The molecule has 20 heavy (non-hydrogen) atoms. The predicted molar refractivity (Wildman–Crippen MR) is 81.0 cm³/mol. The highest BCUT2D eigenvalue weighted by Crippen LogP contribution is 2.30. The van der Waals surface area contributed by atoms with Crippen LogP contribution in [0.4, 0.5) is 0 Å². The highest BCUT2D eigenvalue weighted by molar-refractivity contribution is 6.35. The summed E-state index contributed by atoms with van der Waals surface area (Å²) in [6, 6.07) is 4.87. The summed E-state index contributed by atoms with van der Waals surface area (Å²) in [4.78, 5) is 13.2.